The number of rotatable bonds is 5. The Hall–Kier alpha value is -2.20. The highest BCUT2D eigenvalue weighted by Crippen LogP contribution is 2.24. The van der Waals surface area contributed by atoms with Crippen LogP contribution in [0.3, 0.4) is 0 Å². The van der Waals surface area contributed by atoms with Crippen molar-refractivity contribution in [1.29, 1.82) is 0 Å². The van der Waals surface area contributed by atoms with Gasteiger partial charge < -0.3 is 14.6 Å². The molecule has 1 N–H and O–H groups in total. The van der Waals surface area contributed by atoms with Gasteiger partial charge >= 0.3 is 5.97 Å². The first-order valence-electron chi connectivity index (χ1n) is 6.30. The minimum atomic E-state index is -1.02. The van der Waals surface area contributed by atoms with E-state index < -0.39 is 5.97 Å². The number of benzene rings is 2. The summed E-state index contributed by atoms with van der Waals surface area (Å²) in [5, 5.41) is 9.69. The Balaban J connectivity index is 2.15. The Bertz CT molecular complexity index is 667. The Morgan fingerprint density at radius 1 is 1.19 bits per heavy atom. The van der Waals surface area contributed by atoms with E-state index in [1.165, 1.54) is 13.2 Å². The third-order valence-corrected chi connectivity index (χ3v) is 3.26. The second kappa shape index (κ2) is 6.50. The number of carboxylic acids is 1. The van der Waals surface area contributed by atoms with Crippen LogP contribution in [0, 0.1) is 6.92 Å². The van der Waals surface area contributed by atoms with Crippen LogP contribution < -0.4 is 9.47 Å². The molecular formula is C16H15ClO4. The van der Waals surface area contributed by atoms with Gasteiger partial charge in [-0.1, -0.05) is 17.7 Å². The lowest BCUT2D eigenvalue weighted by molar-refractivity contribution is 0.0693. The van der Waals surface area contributed by atoms with Gasteiger partial charge in [-0.2, -0.15) is 0 Å². The smallest absolute Gasteiger partial charge is 0.339 e. The summed E-state index contributed by atoms with van der Waals surface area (Å²) < 4.78 is 10.8. The second-order valence-electron chi connectivity index (χ2n) is 4.54. The van der Waals surface area contributed by atoms with Gasteiger partial charge in [0.1, 0.15) is 23.7 Å². The molecule has 0 saturated heterocycles. The van der Waals surface area contributed by atoms with Crippen LogP contribution in [0.15, 0.2) is 36.4 Å². The first kappa shape index (κ1) is 15.2. The Kier molecular flexibility index (Phi) is 4.70. The van der Waals surface area contributed by atoms with Crippen molar-refractivity contribution in [2.45, 2.75) is 13.5 Å². The van der Waals surface area contributed by atoms with Crippen molar-refractivity contribution in [1.82, 2.24) is 0 Å². The topological polar surface area (TPSA) is 55.8 Å². The zero-order valence-electron chi connectivity index (χ0n) is 11.7. The van der Waals surface area contributed by atoms with Crippen molar-refractivity contribution in [2.75, 3.05) is 7.11 Å². The molecule has 2 aromatic rings. The summed E-state index contributed by atoms with van der Waals surface area (Å²) in [5.74, 6) is 0.0324. The molecule has 0 amide bonds. The number of carboxylic acid groups (broad SMARTS) is 1. The summed E-state index contributed by atoms with van der Waals surface area (Å²) in [7, 11) is 1.44. The van der Waals surface area contributed by atoms with Crippen LogP contribution in [-0.4, -0.2) is 18.2 Å². The van der Waals surface area contributed by atoms with E-state index in [4.69, 9.17) is 26.2 Å². The molecule has 2 rings (SSSR count). The third-order valence-electron chi connectivity index (χ3n) is 3.03. The Morgan fingerprint density at radius 3 is 2.57 bits per heavy atom. The van der Waals surface area contributed by atoms with Crippen molar-refractivity contribution in [3.8, 4) is 11.5 Å². The van der Waals surface area contributed by atoms with E-state index in [0.717, 1.165) is 16.9 Å². The van der Waals surface area contributed by atoms with E-state index in [9.17, 15) is 4.79 Å². The summed E-state index contributed by atoms with van der Waals surface area (Å²) in [4.78, 5) is 11.0. The molecule has 0 atom stereocenters. The quantitative estimate of drug-likeness (QED) is 0.909. The number of methoxy groups -OCH3 is 1. The normalized spacial score (nSPS) is 10.2. The van der Waals surface area contributed by atoms with Gasteiger partial charge in [0, 0.05) is 5.02 Å². The standard InChI is InChI=1S/C16H15ClO4/c1-10-7-12(17)4-6-14(10)21-9-11-3-5-13(16(18)19)15(8-11)20-2/h3-8H,9H2,1-2H3,(H,18,19). The second-order valence-corrected chi connectivity index (χ2v) is 4.97. The van der Waals surface area contributed by atoms with Crippen molar-refractivity contribution in [2.24, 2.45) is 0 Å². The lowest BCUT2D eigenvalue weighted by atomic mass is 10.1. The van der Waals surface area contributed by atoms with Crippen LogP contribution in [0.1, 0.15) is 21.5 Å². The molecule has 0 aliphatic carbocycles. The van der Waals surface area contributed by atoms with E-state index in [2.05, 4.69) is 0 Å². The highest BCUT2D eigenvalue weighted by atomic mass is 35.5. The molecule has 0 spiro atoms. The lowest BCUT2D eigenvalue weighted by Crippen LogP contribution is -2.03. The largest absolute Gasteiger partial charge is 0.496 e. The summed E-state index contributed by atoms with van der Waals surface area (Å²) in [5.41, 5.74) is 1.90. The monoisotopic (exact) mass is 306 g/mol. The van der Waals surface area contributed by atoms with Crippen molar-refractivity contribution >= 4 is 17.6 Å². The van der Waals surface area contributed by atoms with Gasteiger partial charge in [0.25, 0.3) is 0 Å². The van der Waals surface area contributed by atoms with Gasteiger partial charge in [-0.05, 0) is 48.4 Å². The van der Waals surface area contributed by atoms with Crippen molar-refractivity contribution in [3.05, 3.63) is 58.1 Å². The molecule has 2 aromatic carbocycles. The van der Waals surface area contributed by atoms with Gasteiger partial charge in [0.2, 0.25) is 0 Å². The number of ether oxygens (including phenoxy) is 2. The molecule has 0 bridgehead atoms. The van der Waals surface area contributed by atoms with Gasteiger partial charge in [-0.3, -0.25) is 0 Å². The average Bonchev–Trinajstić information content (AvgIpc) is 2.45. The van der Waals surface area contributed by atoms with Crippen LogP contribution in [0.4, 0.5) is 0 Å². The summed E-state index contributed by atoms with van der Waals surface area (Å²) in [6, 6.07) is 10.3. The molecule has 110 valence electrons. The molecule has 0 radical (unpaired) electrons. The first-order chi connectivity index (χ1) is 10.0. The molecule has 0 aromatic heterocycles. The number of hydrogen-bond donors (Lipinski definition) is 1. The minimum Gasteiger partial charge on any atom is -0.496 e. The van der Waals surface area contributed by atoms with Crippen LogP contribution in [0.2, 0.25) is 5.02 Å². The molecule has 5 heteroatoms. The van der Waals surface area contributed by atoms with E-state index in [-0.39, 0.29) is 5.56 Å². The van der Waals surface area contributed by atoms with Gasteiger partial charge in [-0.25, -0.2) is 4.79 Å². The maximum atomic E-state index is 11.0. The summed E-state index contributed by atoms with van der Waals surface area (Å²) in [6.07, 6.45) is 0. The molecule has 0 unspecified atom stereocenters. The number of halogens is 1. The fraction of sp³-hybridized carbons (Fsp3) is 0.188. The fourth-order valence-electron chi connectivity index (χ4n) is 1.94. The summed E-state index contributed by atoms with van der Waals surface area (Å²) in [6.45, 7) is 2.23. The summed E-state index contributed by atoms with van der Waals surface area (Å²) >= 11 is 5.89. The molecule has 21 heavy (non-hydrogen) atoms. The van der Waals surface area contributed by atoms with Gasteiger partial charge in [0.15, 0.2) is 0 Å². The lowest BCUT2D eigenvalue weighted by Gasteiger charge is -2.11. The predicted molar refractivity (Wildman–Crippen MR) is 80.5 cm³/mol. The SMILES string of the molecule is COc1cc(COc2ccc(Cl)cc2C)ccc1C(=O)O. The third kappa shape index (κ3) is 3.67. The minimum absolute atomic E-state index is 0.129. The molecule has 0 aliphatic heterocycles. The van der Waals surface area contributed by atoms with Crippen LogP contribution in [0.25, 0.3) is 0 Å². The first-order valence-corrected chi connectivity index (χ1v) is 6.68. The molecule has 0 saturated carbocycles. The van der Waals surface area contributed by atoms with Crippen LogP contribution >= 0.6 is 11.6 Å². The maximum absolute atomic E-state index is 11.0. The van der Waals surface area contributed by atoms with E-state index in [0.29, 0.717) is 17.4 Å². The average molecular weight is 307 g/mol. The fourth-order valence-corrected chi connectivity index (χ4v) is 2.16. The Labute approximate surface area is 127 Å². The number of hydrogen-bond acceptors (Lipinski definition) is 3. The van der Waals surface area contributed by atoms with Gasteiger partial charge in [0.05, 0.1) is 7.11 Å². The number of carbonyl (C=O) groups is 1. The molecular weight excluding hydrogens is 292 g/mol. The van der Waals surface area contributed by atoms with Crippen molar-refractivity contribution < 1.29 is 19.4 Å². The Morgan fingerprint density at radius 2 is 1.95 bits per heavy atom. The zero-order valence-corrected chi connectivity index (χ0v) is 12.5. The molecule has 0 aliphatic rings. The van der Waals surface area contributed by atoms with Crippen LogP contribution in [-0.2, 0) is 6.61 Å². The zero-order chi connectivity index (χ0) is 15.4. The van der Waals surface area contributed by atoms with Gasteiger partial charge in [-0.15, -0.1) is 0 Å². The molecule has 0 fully saturated rings. The molecule has 4 nitrogen and oxygen atoms in total. The predicted octanol–water partition coefficient (Wildman–Crippen LogP) is 3.93. The van der Waals surface area contributed by atoms with Crippen LogP contribution in [0.5, 0.6) is 11.5 Å². The molecule has 0 heterocycles. The highest BCUT2D eigenvalue weighted by Gasteiger charge is 2.11. The number of aromatic carboxylic acids is 1. The van der Waals surface area contributed by atoms with E-state index in [1.54, 1.807) is 24.3 Å². The highest BCUT2D eigenvalue weighted by molar-refractivity contribution is 6.30. The van der Waals surface area contributed by atoms with E-state index >= 15 is 0 Å². The maximum Gasteiger partial charge on any atom is 0.339 e. The van der Waals surface area contributed by atoms with Crippen molar-refractivity contribution in [3.63, 3.8) is 0 Å². The van der Waals surface area contributed by atoms with E-state index in [1.807, 2.05) is 13.0 Å². The number of aryl methyl sites for hydroxylation is 1.